The largest absolute Gasteiger partial charge is 0.341 e. The number of nitrogens with zero attached hydrogens (tertiary/aromatic N) is 2. The molecule has 0 spiro atoms. The van der Waals surface area contributed by atoms with E-state index >= 15 is 0 Å². The number of hydrogen-bond acceptors (Lipinski definition) is 5. The molecule has 0 aliphatic carbocycles. The molecule has 3 rings (SSSR count). The Kier molecular flexibility index (Phi) is 5.38. The van der Waals surface area contributed by atoms with Gasteiger partial charge in [-0.05, 0) is 43.7 Å². The molecule has 132 valence electrons. The van der Waals surface area contributed by atoms with Crippen LogP contribution >= 0.6 is 11.3 Å². The SMILES string of the molecule is Cc1nc(-c2ccc(NC(=O)C(=O)NC(C)c3ccncc3)cc2)cs1. The molecule has 26 heavy (non-hydrogen) atoms. The average molecular weight is 366 g/mol. The second-order valence-electron chi connectivity index (χ2n) is 5.76. The molecule has 0 aliphatic rings. The lowest BCUT2D eigenvalue weighted by Crippen LogP contribution is -2.36. The number of carbonyl (C=O) groups excluding carboxylic acids is 2. The second kappa shape index (κ2) is 7.88. The highest BCUT2D eigenvalue weighted by atomic mass is 32.1. The highest BCUT2D eigenvalue weighted by Gasteiger charge is 2.17. The molecule has 2 amide bonds. The highest BCUT2D eigenvalue weighted by Crippen LogP contribution is 2.23. The predicted molar refractivity (Wildman–Crippen MR) is 102 cm³/mol. The van der Waals surface area contributed by atoms with Gasteiger partial charge in [-0.3, -0.25) is 14.6 Å². The summed E-state index contributed by atoms with van der Waals surface area (Å²) in [4.78, 5) is 32.5. The minimum atomic E-state index is -0.705. The Balaban J connectivity index is 1.59. The third-order valence-corrected chi connectivity index (χ3v) is 4.59. The van der Waals surface area contributed by atoms with Crippen molar-refractivity contribution in [3.8, 4) is 11.3 Å². The third kappa shape index (κ3) is 4.31. The van der Waals surface area contributed by atoms with Crippen LogP contribution in [0.4, 0.5) is 5.69 Å². The molecule has 7 heteroatoms. The van der Waals surface area contributed by atoms with Gasteiger partial charge >= 0.3 is 11.8 Å². The van der Waals surface area contributed by atoms with Crippen LogP contribution in [-0.2, 0) is 9.59 Å². The maximum Gasteiger partial charge on any atom is 0.313 e. The normalized spacial score (nSPS) is 11.6. The van der Waals surface area contributed by atoms with Gasteiger partial charge in [-0.2, -0.15) is 0 Å². The molecule has 0 saturated carbocycles. The standard InChI is InChI=1S/C19H18N4O2S/c1-12(14-7-9-20-10-8-14)21-18(24)19(25)23-16-5-3-15(4-6-16)17-11-26-13(2)22-17/h3-12H,1-2H3,(H,21,24)(H,23,25). The first-order chi connectivity index (χ1) is 12.5. The molecular formula is C19H18N4O2S. The first-order valence-electron chi connectivity index (χ1n) is 8.07. The van der Waals surface area contributed by atoms with Gasteiger partial charge in [-0.25, -0.2) is 4.98 Å². The van der Waals surface area contributed by atoms with Gasteiger partial charge in [0.25, 0.3) is 0 Å². The van der Waals surface area contributed by atoms with Crippen LogP contribution in [0.15, 0.2) is 54.2 Å². The molecule has 2 N–H and O–H groups in total. The average Bonchev–Trinajstić information content (AvgIpc) is 3.09. The number of thiazole rings is 1. The van der Waals surface area contributed by atoms with Crippen LogP contribution in [0.5, 0.6) is 0 Å². The van der Waals surface area contributed by atoms with E-state index in [4.69, 9.17) is 0 Å². The number of aryl methyl sites for hydroxylation is 1. The zero-order chi connectivity index (χ0) is 18.5. The van der Waals surface area contributed by atoms with Gasteiger partial charge in [0.1, 0.15) is 0 Å². The van der Waals surface area contributed by atoms with Crippen molar-refractivity contribution in [3.05, 3.63) is 64.7 Å². The van der Waals surface area contributed by atoms with Crippen LogP contribution in [0, 0.1) is 6.92 Å². The van der Waals surface area contributed by atoms with E-state index in [0.717, 1.165) is 21.8 Å². The maximum absolute atomic E-state index is 12.1. The Hall–Kier alpha value is -3.06. The predicted octanol–water partition coefficient (Wildman–Crippen LogP) is 3.33. The molecule has 0 fully saturated rings. The molecule has 2 heterocycles. The maximum atomic E-state index is 12.1. The van der Waals surface area contributed by atoms with Crippen LogP contribution in [0.1, 0.15) is 23.5 Å². The smallest absolute Gasteiger partial charge is 0.313 e. The Bertz CT molecular complexity index is 907. The summed E-state index contributed by atoms with van der Waals surface area (Å²) < 4.78 is 0. The fourth-order valence-corrected chi connectivity index (χ4v) is 3.03. The molecule has 2 aromatic heterocycles. The van der Waals surface area contributed by atoms with E-state index in [9.17, 15) is 9.59 Å². The second-order valence-corrected chi connectivity index (χ2v) is 6.82. The monoisotopic (exact) mass is 366 g/mol. The number of rotatable bonds is 4. The van der Waals surface area contributed by atoms with E-state index in [0.29, 0.717) is 5.69 Å². The molecule has 1 atom stereocenters. The van der Waals surface area contributed by atoms with Crippen molar-refractivity contribution in [3.63, 3.8) is 0 Å². The van der Waals surface area contributed by atoms with Crippen molar-refractivity contribution in [2.24, 2.45) is 0 Å². The summed E-state index contributed by atoms with van der Waals surface area (Å²) in [5.41, 5.74) is 3.29. The van der Waals surface area contributed by atoms with Gasteiger partial charge in [0.2, 0.25) is 0 Å². The summed E-state index contributed by atoms with van der Waals surface area (Å²) >= 11 is 1.58. The van der Waals surface area contributed by atoms with Crippen LogP contribution in [0.2, 0.25) is 0 Å². The summed E-state index contributed by atoms with van der Waals surface area (Å²) in [5, 5.41) is 8.25. The van der Waals surface area contributed by atoms with Crippen molar-refractivity contribution in [2.45, 2.75) is 19.9 Å². The van der Waals surface area contributed by atoms with Gasteiger partial charge in [-0.15, -0.1) is 11.3 Å². The number of nitrogens with one attached hydrogen (secondary N) is 2. The number of amides is 2. The minimum absolute atomic E-state index is 0.286. The zero-order valence-corrected chi connectivity index (χ0v) is 15.2. The number of hydrogen-bond donors (Lipinski definition) is 2. The molecule has 0 saturated heterocycles. The molecule has 0 bridgehead atoms. The number of pyridine rings is 1. The summed E-state index contributed by atoms with van der Waals surface area (Å²) in [5.74, 6) is -1.39. The highest BCUT2D eigenvalue weighted by molar-refractivity contribution is 7.09. The Labute approximate surface area is 155 Å². The summed E-state index contributed by atoms with van der Waals surface area (Å²) in [6, 6.07) is 10.5. The van der Waals surface area contributed by atoms with E-state index in [1.165, 1.54) is 0 Å². The number of carbonyl (C=O) groups is 2. The van der Waals surface area contributed by atoms with E-state index in [2.05, 4.69) is 20.6 Å². The minimum Gasteiger partial charge on any atom is -0.341 e. The fourth-order valence-electron chi connectivity index (χ4n) is 2.41. The quantitative estimate of drug-likeness (QED) is 0.694. The lowest BCUT2D eigenvalue weighted by atomic mass is 10.1. The van der Waals surface area contributed by atoms with E-state index in [-0.39, 0.29) is 6.04 Å². The van der Waals surface area contributed by atoms with Crippen LogP contribution in [0.3, 0.4) is 0 Å². The van der Waals surface area contributed by atoms with E-state index < -0.39 is 11.8 Å². The number of aromatic nitrogens is 2. The van der Waals surface area contributed by atoms with Crippen molar-refractivity contribution in [1.29, 1.82) is 0 Å². The fraction of sp³-hybridized carbons (Fsp3) is 0.158. The topological polar surface area (TPSA) is 84.0 Å². The van der Waals surface area contributed by atoms with Crippen molar-refractivity contribution < 1.29 is 9.59 Å². The molecule has 1 unspecified atom stereocenters. The van der Waals surface area contributed by atoms with Gasteiger partial charge in [0.15, 0.2) is 0 Å². The van der Waals surface area contributed by atoms with Gasteiger partial charge < -0.3 is 10.6 Å². The van der Waals surface area contributed by atoms with Gasteiger partial charge in [0.05, 0.1) is 16.7 Å². The van der Waals surface area contributed by atoms with Crippen LogP contribution in [0.25, 0.3) is 11.3 Å². The lowest BCUT2D eigenvalue weighted by molar-refractivity contribution is -0.136. The molecular weight excluding hydrogens is 348 g/mol. The molecule has 0 aliphatic heterocycles. The Morgan fingerprint density at radius 1 is 1.04 bits per heavy atom. The number of benzene rings is 1. The van der Waals surface area contributed by atoms with Crippen molar-refractivity contribution in [2.75, 3.05) is 5.32 Å². The van der Waals surface area contributed by atoms with Crippen LogP contribution < -0.4 is 10.6 Å². The van der Waals surface area contributed by atoms with E-state index in [1.807, 2.05) is 31.4 Å². The lowest BCUT2D eigenvalue weighted by Gasteiger charge is -2.13. The van der Waals surface area contributed by atoms with Crippen molar-refractivity contribution >= 4 is 28.8 Å². The molecule has 0 radical (unpaired) electrons. The van der Waals surface area contributed by atoms with Crippen LogP contribution in [-0.4, -0.2) is 21.8 Å². The van der Waals surface area contributed by atoms with E-state index in [1.54, 1.807) is 48.0 Å². The molecule has 3 aromatic rings. The van der Waals surface area contributed by atoms with Gasteiger partial charge in [-0.1, -0.05) is 12.1 Å². The number of anilines is 1. The van der Waals surface area contributed by atoms with Gasteiger partial charge in [0, 0.05) is 29.0 Å². The first-order valence-corrected chi connectivity index (χ1v) is 8.95. The summed E-state index contributed by atoms with van der Waals surface area (Å²) in [7, 11) is 0. The molecule has 1 aromatic carbocycles. The molecule has 6 nitrogen and oxygen atoms in total. The Morgan fingerprint density at radius 2 is 1.73 bits per heavy atom. The summed E-state index contributed by atoms with van der Waals surface area (Å²) in [6.45, 7) is 3.76. The summed E-state index contributed by atoms with van der Waals surface area (Å²) in [6.07, 6.45) is 3.28. The Morgan fingerprint density at radius 3 is 2.35 bits per heavy atom. The third-order valence-electron chi connectivity index (χ3n) is 3.82. The van der Waals surface area contributed by atoms with Crippen molar-refractivity contribution in [1.82, 2.24) is 15.3 Å². The zero-order valence-electron chi connectivity index (χ0n) is 14.4. The first kappa shape index (κ1) is 17.8.